The number of ketones is 1. The predicted molar refractivity (Wildman–Crippen MR) is 75.9 cm³/mol. The number of benzene rings is 1. The highest BCUT2D eigenvalue weighted by atomic mass is 16.5. The van der Waals surface area contributed by atoms with E-state index < -0.39 is 0 Å². The van der Waals surface area contributed by atoms with Crippen LogP contribution in [0.15, 0.2) is 53.2 Å². The van der Waals surface area contributed by atoms with Crippen LogP contribution in [-0.4, -0.2) is 26.1 Å². The average molecular weight is 272 g/mol. The SMILES string of the molecule is COCCOc1cccc(C=CC(=O)c2ccco2)c1. The molecular weight excluding hydrogens is 256 g/mol. The summed E-state index contributed by atoms with van der Waals surface area (Å²) in [6.07, 6.45) is 4.69. The number of carbonyl (C=O) groups excluding carboxylic acids is 1. The Hall–Kier alpha value is -2.33. The fourth-order valence-corrected chi connectivity index (χ4v) is 1.62. The Morgan fingerprint density at radius 1 is 1.25 bits per heavy atom. The Morgan fingerprint density at radius 2 is 2.15 bits per heavy atom. The highest BCUT2D eigenvalue weighted by molar-refractivity contribution is 6.04. The van der Waals surface area contributed by atoms with Gasteiger partial charge in [-0.1, -0.05) is 18.2 Å². The third-order valence-electron chi connectivity index (χ3n) is 2.61. The van der Waals surface area contributed by atoms with Gasteiger partial charge in [0.25, 0.3) is 0 Å². The number of allylic oxidation sites excluding steroid dienone is 1. The smallest absolute Gasteiger partial charge is 0.221 e. The molecule has 0 radical (unpaired) electrons. The molecule has 20 heavy (non-hydrogen) atoms. The van der Waals surface area contributed by atoms with Crippen LogP contribution in [0.25, 0.3) is 6.08 Å². The molecule has 0 aliphatic rings. The van der Waals surface area contributed by atoms with E-state index in [0.717, 1.165) is 11.3 Å². The van der Waals surface area contributed by atoms with Gasteiger partial charge < -0.3 is 13.9 Å². The number of ether oxygens (including phenoxy) is 2. The lowest BCUT2D eigenvalue weighted by molar-refractivity contribution is 0.102. The van der Waals surface area contributed by atoms with Crippen molar-refractivity contribution >= 4 is 11.9 Å². The molecule has 4 nitrogen and oxygen atoms in total. The van der Waals surface area contributed by atoms with Crippen molar-refractivity contribution < 1.29 is 18.7 Å². The molecule has 0 N–H and O–H groups in total. The highest BCUT2D eigenvalue weighted by Crippen LogP contribution is 2.15. The molecule has 104 valence electrons. The maximum absolute atomic E-state index is 11.7. The molecule has 0 saturated carbocycles. The zero-order valence-electron chi connectivity index (χ0n) is 11.2. The topological polar surface area (TPSA) is 48.7 Å². The fourth-order valence-electron chi connectivity index (χ4n) is 1.62. The summed E-state index contributed by atoms with van der Waals surface area (Å²) in [7, 11) is 1.63. The molecule has 1 aromatic heterocycles. The summed E-state index contributed by atoms with van der Waals surface area (Å²) in [5.41, 5.74) is 0.889. The maximum atomic E-state index is 11.7. The van der Waals surface area contributed by atoms with Crippen LogP contribution in [0.1, 0.15) is 16.1 Å². The van der Waals surface area contributed by atoms with Gasteiger partial charge in [0.05, 0.1) is 12.9 Å². The molecule has 0 spiro atoms. The molecule has 0 fully saturated rings. The highest BCUT2D eigenvalue weighted by Gasteiger charge is 2.03. The van der Waals surface area contributed by atoms with Gasteiger partial charge in [-0.25, -0.2) is 0 Å². The first kappa shape index (κ1) is 14.1. The summed E-state index contributed by atoms with van der Waals surface area (Å²) < 4.78 is 15.5. The summed E-state index contributed by atoms with van der Waals surface area (Å²) in [4.78, 5) is 11.7. The Kier molecular flexibility index (Phi) is 5.15. The zero-order chi connectivity index (χ0) is 14.2. The van der Waals surface area contributed by atoms with Gasteiger partial charge in [-0.15, -0.1) is 0 Å². The fraction of sp³-hybridized carbons (Fsp3) is 0.188. The molecule has 0 amide bonds. The van der Waals surface area contributed by atoms with Crippen LogP contribution >= 0.6 is 0 Å². The second-order valence-corrected chi connectivity index (χ2v) is 4.09. The summed E-state index contributed by atoms with van der Waals surface area (Å²) in [5.74, 6) is 0.907. The first-order valence-corrected chi connectivity index (χ1v) is 6.27. The third-order valence-corrected chi connectivity index (χ3v) is 2.61. The summed E-state index contributed by atoms with van der Waals surface area (Å²) >= 11 is 0. The molecular formula is C16H16O4. The van der Waals surface area contributed by atoms with Gasteiger partial charge in [0.1, 0.15) is 12.4 Å². The van der Waals surface area contributed by atoms with E-state index in [0.29, 0.717) is 19.0 Å². The van der Waals surface area contributed by atoms with E-state index in [1.54, 1.807) is 25.3 Å². The van der Waals surface area contributed by atoms with Crippen molar-refractivity contribution in [1.82, 2.24) is 0 Å². The van der Waals surface area contributed by atoms with E-state index in [1.165, 1.54) is 12.3 Å². The second kappa shape index (κ2) is 7.31. The largest absolute Gasteiger partial charge is 0.491 e. The van der Waals surface area contributed by atoms with E-state index in [1.807, 2.05) is 24.3 Å². The maximum Gasteiger partial charge on any atom is 0.221 e. The number of methoxy groups -OCH3 is 1. The Bertz CT molecular complexity index is 570. The molecule has 1 heterocycles. The van der Waals surface area contributed by atoms with Crippen LogP contribution < -0.4 is 4.74 Å². The minimum Gasteiger partial charge on any atom is -0.491 e. The van der Waals surface area contributed by atoms with Crippen molar-refractivity contribution in [2.45, 2.75) is 0 Å². The van der Waals surface area contributed by atoms with Gasteiger partial charge in [0.15, 0.2) is 5.76 Å². The molecule has 2 rings (SSSR count). The number of hydrogen-bond acceptors (Lipinski definition) is 4. The average Bonchev–Trinajstić information content (AvgIpc) is 3.00. The van der Waals surface area contributed by atoms with Crippen LogP contribution in [-0.2, 0) is 4.74 Å². The van der Waals surface area contributed by atoms with Crippen LogP contribution in [0, 0.1) is 0 Å². The third kappa shape index (κ3) is 4.10. The first-order valence-electron chi connectivity index (χ1n) is 6.27. The van der Waals surface area contributed by atoms with E-state index in [4.69, 9.17) is 13.9 Å². The lowest BCUT2D eigenvalue weighted by atomic mass is 10.1. The minimum absolute atomic E-state index is 0.166. The summed E-state index contributed by atoms with van der Waals surface area (Å²) in [6, 6.07) is 10.8. The van der Waals surface area contributed by atoms with E-state index in [-0.39, 0.29) is 5.78 Å². The molecule has 0 saturated heterocycles. The van der Waals surface area contributed by atoms with Crippen LogP contribution in [0.5, 0.6) is 5.75 Å². The van der Waals surface area contributed by atoms with Crippen molar-refractivity contribution in [1.29, 1.82) is 0 Å². The Morgan fingerprint density at radius 3 is 2.90 bits per heavy atom. The number of rotatable bonds is 7. The second-order valence-electron chi connectivity index (χ2n) is 4.09. The van der Waals surface area contributed by atoms with Crippen molar-refractivity contribution in [2.24, 2.45) is 0 Å². The van der Waals surface area contributed by atoms with Gasteiger partial charge >= 0.3 is 0 Å². The van der Waals surface area contributed by atoms with Crippen LogP contribution in [0.3, 0.4) is 0 Å². The molecule has 0 atom stereocenters. The molecule has 0 unspecified atom stereocenters. The Labute approximate surface area is 117 Å². The van der Waals surface area contributed by atoms with Crippen molar-refractivity contribution in [3.8, 4) is 5.75 Å². The lowest BCUT2D eigenvalue weighted by Crippen LogP contribution is -2.04. The predicted octanol–water partition coefficient (Wildman–Crippen LogP) is 3.20. The first-order chi connectivity index (χ1) is 9.79. The quantitative estimate of drug-likeness (QED) is 0.441. The zero-order valence-corrected chi connectivity index (χ0v) is 11.2. The molecule has 0 aliphatic heterocycles. The van der Waals surface area contributed by atoms with E-state index in [2.05, 4.69) is 0 Å². The summed E-state index contributed by atoms with van der Waals surface area (Å²) in [6.45, 7) is 1.03. The Balaban J connectivity index is 1.98. The minimum atomic E-state index is -0.166. The van der Waals surface area contributed by atoms with Gasteiger partial charge in [0, 0.05) is 7.11 Å². The molecule has 1 aromatic carbocycles. The van der Waals surface area contributed by atoms with E-state index >= 15 is 0 Å². The van der Waals surface area contributed by atoms with Crippen LogP contribution in [0.4, 0.5) is 0 Å². The monoisotopic (exact) mass is 272 g/mol. The number of furan rings is 1. The van der Waals surface area contributed by atoms with Crippen LogP contribution in [0.2, 0.25) is 0 Å². The molecule has 0 bridgehead atoms. The van der Waals surface area contributed by atoms with Crippen molar-refractivity contribution in [3.05, 3.63) is 60.1 Å². The normalized spacial score (nSPS) is 10.8. The standard InChI is InChI=1S/C16H16O4/c1-18-10-11-19-14-5-2-4-13(12-14)7-8-15(17)16-6-3-9-20-16/h2-9,12H,10-11H2,1H3. The number of carbonyl (C=O) groups is 1. The van der Waals surface area contributed by atoms with Crippen molar-refractivity contribution in [2.75, 3.05) is 20.3 Å². The van der Waals surface area contributed by atoms with E-state index in [9.17, 15) is 4.79 Å². The lowest BCUT2D eigenvalue weighted by Gasteiger charge is -2.05. The van der Waals surface area contributed by atoms with Crippen molar-refractivity contribution in [3.63, 3.8) is 0 Å². The van der Waals surface area contributed by atoms with Gasteiger partial charge in [0.2, 0.25) is 5.78 Å². The number of hydrogen-bond donors (Lipinski definition) is 0. The molecule has 0 aliphatic carbocycles. The van der Waals surface area contributed by atoms with Gasteiger partial charge in [-0.3, -0.25) is 4.79 Å². The van der Waals surface area contributed by atoms with Gasteiger partial charge in [-0.05, 0) is 35.9 Å². The molecule has 2 aromatic rings. The molecule has 4 heteroatoms. The van der Waals surface area contributed by atoms with Gasteiger partial charge in [-0.2, -0.15) is 0 Å². The summed E-state index contributed by atoms with van der Waals surface area (Å²) in [5, 5.41) is 0.